The van der Waals surface area contributed by atoms with Crippen molar-refractivity contribution >= 4 is 46.9 Å². The van der Waals surface area contributed by atoms with Crippen LogP contribution < -0.4 is 30.2 Å². The number of para-hydroxylation sites is 1. The summed E-state index contributed by atoms with van der Waals surface area (Å²) in [7, 11) is 4.62. The highest BCUT2D eigenvalue weighted by Gasteiger charge is 2.18. The molecule has 0 heterocycles. The standard InChI is InChI=1S/C34H33N3O6S/c1-22(32(38)36-28-19-16-26(41-2)21-31(28)43-4)44-27-17-14-25(15-18-27)35-34(40)29(20-24-12-8-9-13-30(24)42-3)37-33(39)23-10-6-5-7-11-23/h5-22H,1-4H3,(H,35,40)(H,36,38)(H,37,39)/b29-20-. The van der Waals surface area contributed by atoms with Crippen LogP contribution in [-0.4, -0.2) is 44.3 Å². The Hall–Kier alpha value is -5.22. The molecule has 0 spiro atoms. The molecule has 0 aliphatic heterocycles. The average Bonchev–Trinajstić information content (AvgIpc) is 3.05. The minimum absolute atomic E-state index is 0.0426. The lowest BCUT2D eigenvalue weighted by Gasteiger charge is -2.15. The quantitative estimate of drug-likeness (QED) is 0.128. The van der Waals surface area contributed by atoms with Crippen LogP contribution in [0.5, 0.6) is 17.2 Å². The number of thioether (sulfide) groups is 1. The maximum atomic E-state index is 13.4. The normalized spacial score (nSPS) is 11.6. The van der Waals surface area contributed by atoms with Crippen molar-refractivity contribution in [1.29, 1.82) is 0 Å². The summed E-state index contributed by atoms with van der Waals surface area (Å²) in [4.78, 5) is 40.0. The molecule has 0 saturated heterocycles. The van der Waals surface area contributed by atoms with Gasteiger partial charge in [0.1, 0.15) is 22.9 Å². The first-order valence-electron chi connectivity index (χ1n) is 13.6. The number of hydrogen-bond donors (Lipinski definition) is 3. The Morgan fingerprint density at radius 3 is 2.11 bits per heavy atom. The van der Waals surface area contributed by atoms with E-state index in [9.17, 15) is 14.4 Å². The fourth-order valence-electron chi connectivity index (χ4n) is 4.09. The van der Waals surface area contributed by atoms with Gasteiger partial charge in [-0.25, -0.2) is 0 Å². The molecule has 9 nitrogen and oxygen atoms in total. The molecule has 4 rings (SSSR count). The molecule has 0 aliphatic carbocycles. The van der Waals surface area contributed by atoms with E-state index in [1.807, 2.05) is 30.3 Å². The number of hydrogen-bond acceptors (Lipinski definition) is 7. The Labute approximate surface area is 260 Å². The molecule has 0 bridgehead atoms. The zero-order valence-electron chi connectivity index (χ0n) is 24.8. The third kappa shape index (κ3) is 8.42. The van der Waals surface area contributed by atoms with E-state index in [-0.39, 0.29) is 11.6 Å². The van der Waals surface area contributed by atoms with Gasteiger partial charge in [0, 0.05) is 27.8 Å². The Morgan fingerprint density at radius 2 is 1.43 bits per heavy atom. The minimum Gasteiger partial charge on any atom is -0.497 e. The highest BCUT2D eigenvalue weighted by molar-refractivity contribution is 8.00. The van der Waals surface area contributed by atoms with Crippen LogP contribution in [0.2, 0.25) is 0 Å². The molecule has 0 fully saturated rings. The molecule has 0 radical (unpaired) electrons. The summed E-state index contributed by atoms with van der Waals surface area (Å²) in [5.41, 5.74) is 2.14. The second-order valence-electron chi connectivity index (χ2n) is 9.41. The first kappa shape index (κ1) is 31.7. The molecule has 3 N–H and O–H groups in total. The second-order valence-corrected chi connectivity index (χ2v) is 10.8. The van der Waals surface area contributed by atoms with Crippen LogP contribution in [0, 0.1) is 0 Å². The molecule has 3 amide bonds. The topological polar surface area (TPSA) is 115 Å². The summed E-state index contributed by atoms with van der Waals surface area (Å²) in [6, 6.07) is 28.1. The van der Waals surface area contributed by atoms with Crippen molar-refractivity contribution in [2.45, 2.75) is 17.1 Å². The van der Waals surface area contributed by atoms with Gasteiger partial charge >= 0.3 is 0 Å². The van der Waals surface area contributed by atoms with E-state index in [0.29, 0.717) is 39.8 Å². The van der Waals surface area contributed by atoms with Crippen molar-refractivity contribution in [2.75, 3.05) is 32.0 Å². The predicted molar refractivity (Wildman–Crippen MR) is 173 cm³/mol. The van der Waals surface area contributed by atoms with Gasteiger partial charge in [-0.1, -0.05) is 36.4 Å². The first-order chi connectivity index (χ1) is 21.3. The van der Waals surface area contributed by atoms with E-state index in [2.05, 4.69) is 16.0 Å². The van der Waals surface area contributed by atoms with Gasteiger partial charge in [0.2, 0.25) is 5.91 Å². The molecule has 226 valence electrons. The van der Waals surface area contributed by atoms with Gasteiger partial charge in [0.05, 0.1) is 32.3 Å². The monoisotopic (exact) mass is 611 g/mol. The molecule has 0 aromatic heterocycles. The highest BCUT2D eigenvalue weighted by Crippen LogP contribution is 2.31. The number of methoxy groups -OCH3 is 3. The molecular formula is C34H33N3O6S. The maximum Gasteiger partial charge on any atom is 0.272 e. The van der Waals surface area contributed by atoms with Crippen LogP contribution in [-0.2, 0) is 9.59 Å². The Bertz CT molecular complexity index is 1640. The van der Waals surface area contributed by atoms with Gasteiger partial charge in [0.15, 0.2) is 0 Å². The van der Waals surface area contributed by atoms with Crippen LogP contribution in [0.1, 0.15) is 22.8 Å². The van der Waals surface area contributed by atoms with Gasteiger partial charge in [-0.15, -0.1) is 11.8 Å². The number of carbonyl (C=O) groups excluding carboxylic acids is 3. The van der Waals surface area contributed by atoms with Crippen molar-refractivity contribution < 1.29 is 28.6 Å². The van der Waals surface area contributed by atoms with Gasteiger partial charge in [0.25, 0.3) is 11.8 Å². The van der Waals surface area contributed by atoms with E-state index in [1.54, 1.807) is 86.8 Å². The van der Waals surface area contributed by atoms with Crippen LogP contribution in [0.3, 0.4) is 0 Å². The lowest BCUT2D eigenvalue weighted by molar-refractivity contribution is -0.115. The van der Waals surface area contributed by atoms with Crippen molar-refractivity contribution in [2.24, 2.45) is 0 Å². The summed E-state index contributed by atoms with van der Waals surface area (Å²) in [5, 5.41) is 8.03. The molecule has 1 atom stereocenters. The predicted octanol–water partition coefficient (Wildman–Crippen LogP) is 6.24. The van der Waals surface area contributed by atoms with E-state index in [1.165, 1.54) is 26.0 Å². The van der Waals surface area contributed by atoms with Crippen molar-refractivity contribution in [3.63, 3.8) is 0 Å². The number of rotatable bonds is 12. The second kappa shape index (κ2) is 15.3. The third-order valence-electron chi connectivity index (χ3n) is 6.43. The Balaban J connectivity index is 1.44. The van der Waals surface area contributed by atoms with Gasteiger partial charge in [-0.2, -0.15) is 0 Å². The molecule has 10 heteroatoms. The van der Waals surface area contributed by atoms with Gasteiger partial charge in [-0.05, 0) is 67.6 Å². The van der Waals surface area contributed by atoms with E-state index in [0.717, 1.165) is 4.90 Å². The number of anilines is 2. The minimum atomic E-state index is -0.512. The number of benzene rings is 4. The van der Waals surface area contributed by atoms with E-state index in [4.69, 9.17) is 14.2 Å². The largest absolute Gasteiger partial charge is 0.497 e. The molecule has 4 aromatic rings. The van der Waals surface area contributed by atoms with Gasteiger partial charge in [-0.3, -0.25) is 14.4 Å². The first-order valence-corrected chi connectivity index (χ1v) is 14.5. The summed E-state index contributed by atoms with van der Waals surface area (Å²) < 4.78 is 16.0. The number of ether oxygens (including phenoxy) is 3. The highest BCUT2D eigenvalue weighted by atomic mass is 32.2. The van der Waals surface area contributed by atoms with Crippen molar-refractivity contribution in [3.8, 4) is 17.2 Å². The van der Waals surface area contributed by atoms with Crippen LogP contribution in [0.15, 0.2) is 108 Å². The summed E-state index contributed by atoms with van der Waals surface area (Å²) in [6.45, 7) is 1.80. The molecule has 0 aliphatic rings. The van der Waals surface area contributed by atoms with Crippen molar-refractivity contribution in [3.05, 3.63) is 114 Å². The summed E-state index contributed by atoms with van der Waals surface area (Å²) in [5.74, 6) is 0.535. The number of nitrogens with one attached hydrogen (secondary N) is 3. The zero-order valence-corrected chi connectivity index (χ0v) is 25.6. The Morgan fingerprint density at radius 1 is 0.750 bits per heavy atom. The maximum absolute atomic E-state index is 13.4. The zero-order chi connectivity index (χ0) is 31.5. The lowest BCUT2D eigenvalue weighted by atomic mass is 10.1. The fourth-order valence-corrected chi connectivity index (χ4v) is 4.96. The van der Waals surface area contributed by atoms with E-state index < -0.39 is 17.1 Å². The van der Waals surface area contributed by atoms with Crippen LogP contribution in [0.4, 0.5) is 11.4 Å². The lowest BCUT2D eigenvalue weighted by Crippen LogP contribution is -2.30. The SMILES string of the molecule is COc1ccc(NC(=O)C(C)Sc2ccc(NC(=O)/C(=C/c3ccccc3OC)NC(=O)c3ccccc3)cc2)c(OC)c1. The number of carbonyl (C=O) groups is 3. The Kier molecular flexibility index (Phi) is 11.0. The summed E-state index contributed by atoms with van der Waals surface area (Å²) in [6.07, 6.45) is 1.57. The van der Waals surface area contributed by atoms with Crippen LogP contribution >= 0.6 is 11.8 Å². The number of amides is 3. The van der Waals surface area contributed by atoms with Crippen molar-refractivity contribution in [1.82, 2.24) is 5.32 Å². The van der Waals surface area contributed by atoms with Crippen LogP contribution in [0.25, 0.3) is 6.08 Å². The fraction of sp³-hybridized carbons (Fsp3) is 0.147. The average molecular weight is 612 g/mol. The molecular weight excluding hydrogens is 578 g/mol. The molecule has 4 aromatic carbocycles. The summed E-state index contributed by atoms with van der Waals surface area (Å²) >= 11 is 1.37. The smallest absolute Gasteiger partial charge is 0.272 e. The molecule has 1 unspecified atom stereocenters. The molecule has 0 saturated carbocycles. The van der Waals surface area contributed by atoms with Gasteiger partial charge < -0.3 is 30.2 Å². The third-order valence-corrected chi connectivity index (χ3v) is 7.54. The van der Waals surface area contributed by atoms with E-state index >= 15 is 0 Å². The molecule has 44 heavy (non-hydrogen) atoms.